The second kappa shape index (κ2) is 6.16. The van der Waals surface area contributed by atoms with Crippen LogP contribution < -0.4 is 0 Å². The summed E-state index contributed by atoms with van der Waals surface area (Å²) in [6.07, 6.45) is 0.650. The highest BCUT2D eigenvalue weighted by Crippen LogP contribution is 2.31. The van der Waals surface area contributed by atoms with Gasteiger partial charge in [-0.1, -0.05) is 22.9 Å². The predicted octanol–water partition coefficient (Wildman–Crippen LogP) is 3.99. The smallest absolute Gasteiger partial charge is 0.254 e. The number of halogens is 1. The van der Waals surface area contributed by atoms with Crippen molar-refractivity contribution in [1.29, 1.82) is 0 Å². The van der Waals surface area contributed by atoms with E-state index in [-0.39, 0.29) is 11.7 Å². The molecule has 4 nitrogen and oxygen atoms in total. The molecule has 1 aromatic heterocycles. The fraction of sp³-hybridized carbons (Fsp3) is 0.200. The predicted molar refractivity (Wildman–Crippen MR) is 91.5 cm³/mol. The lowest BCUT2D eigenvalue weighted by molar-refractivity contribution is 0.0734. The van der Waals surface area contributed by atoms with Gasteiger partial charge in [0.05, 0.1) is 12.2 Å². The number of rotatable bonds is 2. The Labute approximate surface area is 144 Å². The van der Waals surface area contributed by atoms with Crippen LogP contribution in [0.4, 0.5) is 4.39 Å². The van der Waals surface area contributed by atoms with Gasteiger partial charge in [0.2, 0.25) is 0 Å². The van der Waals surface area contributed by atoms with Gasteiger partial charge in [0.25, 0.3) is 5.91 Å². The summed E-state index contributed by atoms with van der Waals surface area (Å²) in [4.78, 5) is 14.6. The molecule has 126 valence electrons. The van der Waals surface area contributed by atoms with Crippen LogP contribution in [-0.2, 0) is 13.0 Å². The Bertz CT molecular complexity index is 914. The van der Waals surface area contributed by atoms with E-state index in [2.05, 4.69) is 5.16 Å². The molecule has 0 aliphatic carbocycles. The first-order chi connectivity index (χ1) is 12.1. The van der Waals surface area contributed by atoms with Gasteiger partial charge in [0.1, 0.15) is 5.82 Å². The molecule has 1 amide bonds. The van der Waals surface area contributed by atoms with Gasteiger partial charge in [0.15, 0.2) is 5.76 Å². The Morgan fingerprint density at radius 3 is 2.56 bits per heavy atom. The number of fused-ring (bicyclic) bond motifs is 1. The van der Waals surface area contributed by atoms with E-state index in [0.717, 1.165) is 22.4 Å². The number of hydrogen-bond acceptors (Lipinski definition) is 3. The van der Waals surface area contributed by atoms with E-state index < -0.39 is 0 Å². The van der Waals surface area contributed by atoms with Crippen LogP contribution in [0.1, 0.15) is 27.2 Å². The zero-order valence-corrected chi connectivity index (χ0v) is 13.8. The molecule has 0 saturated carbocycles. The Morgan fingerprint density at radius 1 is 1.12 bits per heavy atom. The summed E-state index contributed by atoms with van der Waals surface area (Å²) >= 11 is 0. The third-order valence-corrected chi connectivity index (χ3v) is 4.53. The van der Waals surface area contributed by atoms with E-state index in [4.69, 9.17) is 4.52 Å². The number of hydrogen-bond donors (Lipinski definition) is 0. The first kappa shape index (κ1) is 15.6. The molecule has 0 fully saturated rings. The average Bonchev–Trinajstić information content (AvgIpc) is 3.05. The number of carbonyl (C=O) groups is 1. The molecule has 2 heterocycles. The summed E-state index contributed by atoms with van der Waals surface area (Å²) in [6.45, 7) is 3.04. The number of amides is 1. The zero-order chi connectivity index (χ0) is 17.4. The summed E-state index contributed by atoms with van der Waals surface area (Å²) in [5.74, 6) is 0.307. The van der Waals surface area contributed by atoms with Crippen molar-refractivity contribution in [3.63, 3.8) is 0 Å². The van der Waals surface area contributed by atoms with Gasteiger partial charge in [-0.25, -0.2) is 4.39 Å². The molecule has 5 heteroatoms. The van der Waals surface area contributed by atoms with Crippen LogP contribution in [0.2, 0.25) is 0 Å². The molecule has 0 radical (unpaired) electrons. The second-order valence-electron chi connectivity index (χ2n) is 6.29. The fourth-order valence-corrected chi connectivity index (χ4v) is 3.09. The lowest BCUT2D eigenvalue weighted by Crippen LogP contribution is -2.35. The molecule has 4 rings (SSSR count). The monoisotopic (exact) mass is 336 g/mol. The number of aromatic nitrogens is 1. The summed E-state index contributed by atoms with van der Waals surface area (Å²) in [5.41, 5.74) is 4.33. The summed E-state index contributed by atoms with van der Waals surface area (Å²) in [5, 5.41) is 4.13. The lowest BCUT2D eigenvalue weighted by Gasteiger charge is -2.26. The van der Waals surface area contributed by atoms with Crippen molar-refractivity contribution in [3.8, 4) is 11.3 Å². The first-order valence-corrected chi connectivity index (χ1v) is 8.21. The molecular formula is C20H17FN2O2. The van der Waals surface area contributed by atoms with E-state index in [1.165, 1.54) is 12.1 Å². The highest BCUT2D eigenvalue weighted by Gasteiger charge is 2.28. The van der Waals surface area contributed by atoms with Gasteiger partial charge in [-0.15, -0.1) is 0 Å². The van der Waals surface area contributed by atoms with Crippen molar-refractivity contribution < 1.29 is 13.7 Å². The fourth-order valence-electron chi connectivity index (χ4n) is 3.09. The minimum absolute atomic E-state index is 0.00286. The largest absolute Gasteiger partial charge is 0.356 e. The Hall–Kier alpha value is -2.95. The van der Waals surface area contributed by atoms with Gasteiger partial charge in [-0.2, -0.15) is 0 Å². The highest BCUT2D eigenvalue weighted by molar-refractivity contribution is 5.94. The summed E-state index contributed by atoms with van der Waals surface area (Å²) < 4.78 is 18.6. The molecule has 0 saturated heterocycles. The van der Waals surface area contributed by atoms with Crippen molar-refractivity contribution in [2.75, 3.05) is 6.54 Å². The summed E-state index contributed by atoms with van der Waals surface area (Å²) in [7, 11) is 0. The Balaban J connectivity index is 1.62. The van der Waals surface area contributed by atoms with E-state index in [1.54, 1.807) is 17.0 Å². The summed E-state index contributed by atoms with van der Waals surface area (Å²) in [6, 6.07) is 13.7. The third kappa shape index (κ3) is 2.93. The maximum absolute atomic E-state index is 13.2. The molecule has 0 bridgehead atoms. The van der Waals surface area contributed by atoms with Crippen LogP contribution in [0.15, 0.2) is 53.1 Å². The van der Waals surface area contributed by atoms with Crippen molar-refractivity contribution >= 4 is 5.91 Å². The van der Waals surface area contributed by atoms with Crippen LogP contribution in [0.3, 0.4) is 0 Å². The van der Waals surface area contributed by atoms with Crippen molar-refractivity contribution in [1.82, 2.24) is 10.1 Å². The van der Waals surface area contributed by atoms with Crippen LogP contribution in [0.5, 0.6) is 0 Å². The minimum atomic E-state index is -0.298. The third-order valence-electron chi connectivity index (χ3n) is 4.53. The SMILES string of the molecule is Cc1ccc(C(=O)N2CCc3noc(-c4ccc(F)cc4)c3C2)cc1. The van der Waals surface area contributed by atoms with Gasteiger partial charge in [0, 0.05) is 29.7 Å². The molecule has 0 N–H and O–H groups in total. The Morgan fingerprint density at radius 2 is 1.84 bits per heavy atom. The second-order valence-corrected chi connectivity index (χ2v) is 6.29. The molecule has 0 spiro atoms. The van der Waals surface area contributed by atoms with Gasteiger partial charge >= 0.3 is 0 Å². The van der Waals surface area contributed by atoms with Gasteiger partial charge < -0.3 is 9.42 Å². The normalized spacial score (nSPS) is 13.6. The van der Waals surface area contributed by atoms with Crippen LogP contribution >= 0.6 is 0 Å². The zero-order valence-electron chi connectivity index (χ0n) is 13.8. The lowest BCUT2D eigenvalue weighted by atomic mass is 10.0. The van der Waals surface area contributed by atoms with E-state index in [0.29, 0.717) is 30.8 Å². The van der Waals surface area contributed by atoms with Crippen LogP contribution in [-0.4, -0.2) is 22.5 Å². The van der Waals surface area contributed by atoms with Crippen molar-refractivity contribution in [2.45, 2.75) is 19.9 Å². The van der Waals surface area contributed by atoms with E-state index in [9.17, 15) is 9.18 Å². The van der Waals surface area contributed by atoms with Crippen LogP contribution in [0.25, 0.3) is 11.3 Å². The van der Waals surface area contributed by atoms with Crippen molar-refractivity contribution in [2.24, 2.45) is 0 Å². The van der Waals surface area contributed by atoms with E-state index >= 15 is 0 Å². The molecule has 0 unspecified atom stereocenters. The number of aryl methyl sites for hydroxylation is 1. The standard InChI is InChI=1S/C20H17FN2O2/c1-13-2-4-15(5-3-13)20(24)23-11-10-18-17(12-23)19(25-22-18)14-6-8-16(21)9-7-14/h2-9H,10-12H2,1H3. The minimum Gasteiger partial charge on any atom is -0.356 e. The quantitative estimate of drug-likeness (QED) is 0.711. The molecule has 25 heavy (non-hydrogen) atoms. The van der Waals surface area contributed by atoms with Gasteiger partial charge in [-0.3, -0.25) is 4.79 Å². The molecule has 3 aromatic rings. The number of carbonyl (C=O) groups excluding carboxylic acids is 1. The maximum Gasteiger partial charge on any atom is 0.254 e. The maximum atomic E-state index is 13.2. The van der Waals surface area contributed by atoms with Crippen molar-refractivity contribution in [3.05, 3.63) is 76.7 Å². The van der Waals surface area contributed by atoms with Crippen LogP contribution in [0, 0.1) is 12.7 Å². The first-order valence-electron chi connectivity index (χ1n) is 8.21. The molecule has 0 atom stereocenters. The molecule has 2 aromatic carbocycles. The highest BCUT2D eigenvalue weighted by atomic mass is 19.1. The average molecular weight is 336 g/mol. The molecule has 1 aliphatic heterocycles. The molecular weight excluding hydrogens is 319 g/mol. The molecule has 1 aliphatic rings. The Kier molecular flexibility index (Phi) is 3.84. The van der Waals surface area contributed by atoms with E-state index in [1.807, 2.05) is 31.2 Å². The van der Waals surface area contributed by atoms with Gasteiger partial charge in [-0.05, 0) is 43.3 Å². The number of nitrogens with zero attached hydrogens (tertiary/aromatic N) is 2. The number of benzene rings is 2. The topological polar surface area (TPSA) is 46.3 Å².